The topological polar surface area (TPSA) is 58.7 Å². The highest BCUT2D eigenvalue weighted by Crippen LogP contribution is 2.16. The molecule has 4 nitrogen and oxygen atoms in total. The van der Waals surface area contributed by atoms with Gasteiger partial charge in [-0.2, -0.15) is 0 Å². The maximum absolute atomic E-state index is 9.21. The van der Waals surface area contributed by atoms with Gasteiger partial charge in [0, 0.05) is 25.3 Å². The number of ether oxygens (including phenoxy) is 1. The highest BCUT2D eigenvalue weighted by molar-refractivity contribution is 7.80. The molecule has 0 bridgehead atoms. The zero-order chi connectivity index (χ0) is 14.4. The van der Waals surface area contributed by atoms with E-state index in [1.54, 1.807) is 0 Å². The van der Waals surface area contributed by atoms with E-state index in [9.17, 15) is 5.11 Å². The third-order valence-corrected chi connectivity index (χ3v) is 3.89. The van der Waals surface area contributed by atoms with Crippen LogP contribution in [0.25, 0.3) is 0 Å². The van der Waals surface area contributed by atoms with Crippen LogP contribution < -0.4 is 10.5 Å². The number of hydrogen-bond donors (Lipinski definition) is 2. The van der Waals surface area contributed by atoms with E-state index in [0.29, 0.717) is 17.5 Å². The van der Waals surface area contributed by atoms with Crippen LogP contribution in [0.1, 0.15) is 18.4 Å². The molecule has 3 N–H and O–H groups in total. The second-order valence-electron chi connectivity index (χ2n) is 5.23. The van der Waals surface area contributed by atoms with Crippen molar-refractivity contribution >= 4 is 17.2 Å². The normalized spacial score (nSPS) is 19.8. The molecule has 2 rings (SSSR count). The van der Waals surface area contributed by atoms with Gasteiger partial charge in [0.15, 0.2) is 0 Å². The number of nitrogens with two attached hydrogens (primary N) is 1. The molecule has 110 valence electrons. The molecule has 1 aliphatic heterocycles. The molecular formula is C15H22N2O2S. The summed E-state index contributed by atoms with van der Waals surface area (Å²) in [5.41, 5.74) is 6.43. The van der Waals surface area contributed by atoms with Gasteiger partial charge in [0.1, 0.15) is 17.3 Å². The van der Waals surface area contributed by atoms with Crippen molar-refractivity contribution in [2.45, 2.75) is 12.8 Å². The Morgan fingerprint density at radius 3 is 3.10 bits per heavy atom. The van der Waals surface area contributed by atoms with Crippen molar-refractivity contribution in [2.24, 2.45) is 11.7 Å². The molecule has 1 fully saturated rings. The monoisotopic (exact) mass is 294 g/mol. The molecule has 1 atom stereocenters. The summed E-state index contributed by atoms with van der Waals surface area (Å²) in [4.78, 5) is 2.74. The second-order valence-corrected chi connectivity index (χ2v) is 5.67. The van der Waals surface area contributed by atoms with Gasteiger partial charge in [-0.1, -0.05) is 24.4 Å². The van der Waals surface area contributed by atoms with Crippen molar-refractivity contribution in [2.75, 3.05) is 32.8 Å². The fourth-order valence-electron chi connectivity index (χ4n) is 2.54. The summed E-state index contributed by atoms with van der Waals surface area (Å²) < 4.78 is 5.75. The molecule has 1 aromatic rings. The Morgan fingerprint density at radius 2 is 2.35 bits per heavy atom. The minimum atomic E-state index is 0.285. The molecule has 0 saturated carbocycles. The summed E-state index contributed by atoms with van der Waals surface area (Å²) in [6.45, 7) is 3.86. The van der Waals surface area contributed by atoms with Crippen LogP contribution in [0.4, 0.5) is 0 Å². The Balaban J connectivity index is 1.78. The lowest BCUT2D eigenvalue weighted by Crippen LogP contribution is -2.39. The SMILES string of the molecule is NC(=S)c1cccc(OCCN2CCCC(CO)C2)c1. The van der Waals surface area contributed by atoms with Gasteiger partial charge in [0.25, 0.3) is 0 Å². The van der Waals surface area contributed by atoms with Crippen molar-refractivity contribution in [1.82, 2.24) is 4.90 Å². The van der Waals surface area contributed by atoms with Crippen LogP contribution in [-0.4, -0.2) is 47.8 Å². The number of aliphatic hydroxyl groups is 1. The lowest BCUT2D eigenvalue weighted by Gasteiger charge is -2.31. The lowest BCUT2D eigenvalue weighted by atomic mass is 9.99. The largest absolute Gasteiger partial charge is 0.492 e. The van der Waals surface area contributed by atoms with Crippen molar-refractivity contribution in [3.8, 4) is 5.75 Å². The first-order chi connectivity index (χ1) is 9.69. The van der Waals surface area contributed by atoms with E-state index >= 15 is 0 Å². The summed E-state index contributed by atoms with van der Waals surface area (Å²) in [6.07, 6.45) is 2.28. The van der Waals surface area contributed by atoms with E-state index in [-0.39, 0.29) is 6.61 Å². The van der Waals surface area contributed by atoms with Gasteiger partial charge in [-0.15, -0.1) is 0 Å². The predicted molar refractivity (Wildman–Crippen MR) is 84.1 cm³/mol. The zero-order valence-corrected chi connectivity index (χ0v) is 12.4. The molecular weight excluding hydrogens is 272 g/mol. The van der Waals surface area contributed by atoms with Gasteiger partial charge in [-0.25, -0.2) is 0 Å². The molecule has 5 heteroatoms. The van der Waals surface area contributed by atoms with Crippen molar-refractivity contribution in [1.29, 1.82) is 0 Å². The molecule has 20 heavy (non-hydrogen) atoms. The van der Waals surface area contributed by atoms with Crippen LogP contribution in [0.5, 0.6) is 5.75 Å². The molecule has 1 heterocycles. The summed E-state index contributed by atoms with van der Waals surface area (Å²) in [5.74, 6) is 1.22. The first kappa shape index (κ1) is 15.2. The van der Waals surface area contributed by atoms with Crippen LogP contribution in [-0.2, 0) is 0 Å². The third-order valence-electron chi connectivity index (χ3n) is 3.66. The number of nitrogens with zero attached hydrogens (tertiary/aromatic N) is 1. The molecule has 0 spiro atoms. The molecule has 1 aliphatic rings. The molecule has 0 amide bonds. The smallest absolute Gasteiger partial charge is 0.120 e. The molecule has 1 saturated heterocycles. The maximum atomic E-state index is 9.21. The average molecular weight is 294 g/mol. The Hall–Kier alpha value is -1.17. The zero-order valence-electron chi connectivity index (χ0n) is 11.6. The first-order valence-electron chi connectivity index (χ1n) is 7.05. The summed E-state index contributed by atoms with van der Waals surface area (Å²) >= 11 is 4.95. The van der Waals surface area contributed by atoms with E-state index in [1.165, 1.54) is 0 Å². The van der Waals surface area contributed by atoms with Gasteiger partial charge in [-0.05, 0) is 37.4 Å². The van der Waals surface area contributed by atoms with Crippen LogP contribution >= 0.6 is 12.2 Å². The molecule has 0 aliphatic carbocycles. The Bertz CT molecular complexity index is 453. The van der Waals surface area contributed by atoms with Crippen molar-refractivity contribution in [3.05, 3.63) is 29.8 Å². The number of benzene rings is 1. The minimum Gasteiger partial charge on any atom is -0.492 e. The quantitative estimate of drug-likeness (QED) is 0.777. The van der Waals surface area contributed by atoms with E-state index < -0.39 is 0 Å². The van der Waals surface area contributed by atoms with E-state index in [1.807, 2.05) is 24.3 Å². The molecule has 1 unspecified atom stereocenters. The van der Waals surface area contributed by atoms with Gasteiger partial charge in [0.05, 0.1) is 0 Å². The number of thiocarbonyl (C=S) groups is 1. The number of rotatable bonds is 6. The van der Waals surface area contributed by atoms with Gasteiger partial charge in [-0.3, -0.25) is 4.90 Å². The first-order valence-corrected chi connectivity index (χ1v) is 7.45. The molecule has 1 aromatic carbocycles. The number of aliphatic hydroxyl groups excluding tert-OH is 1. The Kier molecular flexibility index (Phi) is 5.76. The fourth-order valence-corrected chi connectivity index (χ4v) is 2.66. The van der Waals surface area contributed by atoms with E-state index in [2.05, 4.69) is 4.90 Å². The number of likely N-dealkylation sites (tertiary alicyclic amines) is 1. The van der Waals surface area contributed by atoms with Gasteiger partial charge < -0.3 is 15.6 Å². The van der Waals surface area contributed by atoms with Crippen molar-refractivity contribution in [3.63, 3.8) is 0 Å². The second kappa shape index (κ2) is 7.57. The number of piperidine rings is 1. The standard InChI is InChI=1S/C15H22N2O2S/c16-15(20)13-4-1-5-14(9-13)19-8-7-17-6-2-3-12(10-17)11-18/h1,4-5,9,12,18H,2-3,6-8,10-11H2,(H2,16,20). The summed E-state index contributed by atoms with van der Waals surface area (Å²) in [7, 11) is 0. The van der Waals surface area contributed by atoms with Crippen molar-refractivity contribution < 1.29 is 9.84 Å². The Morgan fingerprint density at radius 1 is 1.50 bits per heavy atom. The Labute approximate surface area is 125 Å². The van der Waals surface area contributed by atoms with Gasteiger partial charge in [0.2, 0.25) is 0 Å². The van der Waals surface area contributed by atoms with E-state index in [4.69, 9.17) is 22.7 Å². The minimum absolute atomic E-state index is 0.285. The highest BCUT2D eigenvalue weighted by atomic mass is 32.1. The summed E-state index contributed by atoms with van der Waals surface area (Å²) in [6, 6.07) is 7.56. The van der Waals surface area contributed by atoms with Crippen LogP contribution in [0, 0.1) is 5.92 Å². The molecule has 0 aromatic heterocycles. The number of hydrogen-bond acceptors (Lipinski definition) is 4. The highest BCUT2D eigenvalue weighted by Gasteiger charge is 2.18. The fraction of sp³-hybridized carbons (Fsp3) is 0.533. The van der Waals surface area contributed by atoms with E-state index in [0.717, 1.165) is 43.8 Å². The van der Waals surface area contributed by atoms with Crippen LogP contribution in [0.15, 0.2) is 24.3 Å². The average Bonchev–Trinajstić information content (AvgIpc) is 2.48. The predicted octanol–water partition coefficient (Wildman–Crippen LogP) is 1.40. The molecule has 0 radical (unpaired) electrons. The maximum Gasteiger partial charge on any atom is 0.120 e. The lowest BCUT2D eigenvalue weighted by molar-refractivity contribution is 0.107. The van der Waals surface area contributed by atoms with Crippen LogP contribution in [0.3, 0.4) is 0 Å². The van der Waals surface area contributed by atoms with Gasteiger partial charge >= 0.3 is 0 Å². The summed E-state index contributed by atoms with van der Waals surface area (Å²) in [5, 5.41) is 9.21. The van der Waals surface area contributed by atoms with Crippen LogP contribution in [0.2, 0.25) is 0 Å². The third kappa shape index (κ3) is 4.44.